The Hall–Kier alpha value is -2.99. The van der Waals surface area contributed by atoms with E-state index in [2.05, 4.69) is 29.9 Å². The SMILES string of the molecule is Cc1cn2c(-c3cn[nH]c3)cnc2c(Nc2cc(CN3CCC(C(F)(F)F)C3)ns2)n1. The van der Waals surface area contributed by atoms with E-state index in [0.717, 1.165) is 27.6 Å². The van der Waals surface area contributed by atoms with Gasteiger partial charge in [0.25, 0.3) is 0 Å². The van der Waals surface area contributed by atoms with Gasteiger partial charge in [-0.1, -0.05) is 0 Å². The summed E-state index contributed by atoms with van der Waals surface area (Å²) in [7, 11) is 0. The van der Waals surface area contributed by atoms with Crippen molar-refractivity contribution >= 4 is 28.0 Å². The van der Waals surface area contributed by atoms with Crippen LogP contribution >= 0.6 is 11.5 Å². The fourth-order valence-corrected chi connectivity index (χ4v) is 4.49. The standard InChI is InChI=1S/C19H19F3N8S/c1-11-8-30-15(12-5-24-25-6-12)7-23-18(30)17(26-11)27-16-4-14(28-31-16)10-29-3-2-13(9-29)19(20,21)22/h4-8,13H,2-3,9-10H2,1H3,(H,24,25)(H,26,27). The lowest BCUT2D eigenvalue weighted by atomic mass is 10.1. The third-order valence-electron chi connectivity index (χ3n) is 5.33. The molecule has 8 nitrogen and oxygen atoms in total. The van der Waals surface area contributed by atoms with Crippen molar-refractivity contribution in [2.75, 3.05) is 18.4 Å². The van der Waals surface area contributed by atoms with Crippen LogP contribution in [-0.2, 0) is 6.54 Å². The van der Waals surface area contributed by atoms with Gasteiger partial charge in [-0.15, -0.1) is 0 Å². The fraction of sp³-hybridized carbons (Fsp3) is 0.368. The Labute approximate surface area is 179 Å². The lowest BCUT2D eigenvalue weighted by Gasteiger charge is -2.16. The number of hydrogen-bond donors (Lipinski definition) is 2. The van der Waals surface area contributed by atoms with Crippen LogP contribution in [-0.4, -0.2) is 53.1 Å². The van der Waals surface area contributed by atoms with E-state index in [1.165, 1.54) is 11.5 Å². The van der Waals surface area contributed by atoms with Crippen LogP contribution in [0.3, 0.4) is 0 Å². The third kappa shape index (κ3) is 4.00. The summed E-state index contributed by atoms with van der Waals surface area (Å²) in [5.41, 5.74) is 3.99. The summed E-state index contributed by atoms with van der Waals surface area (Å²) in [4.78, 5) is 10.9. The van der Waals surface area contributed by atoms with Crippen LogP contribution in [0.5, 0.6) is 0 Å². The normalized spacial score (nSPS) is 17.6. The van der Waals surface area contributed by atoms with Crippen molar-refractivity contribution in [3.63, 3.8) is 0 Å². The number of anilines is 2. The van der Waals surface area contributed by atoms with Crippen LogP contribution in [0.15, 0.2) is 30.9 Å². The summed E-state index contributed by atoms with van der Waals surface area (Å²) < 4.78 is 45.0. The summed E-state index contributed by atoms with van der Waals surface area (Å²) in [5.74, 6) is -0.665. The largest absolute Gasteiger partial charge is 0.393 e. The number of likely N-dealkylation sites (tertiary alicyclic amines) is 1. The zero-order valence-corrected chi connectivity index (χ0v) is 17.3. The highest BCUT2D eigenvalue weighted by atomic mass is 32.1. The molecular formula is C19H19F3N8S. The minimum Gasteiger partial charge on any atom is -0.328 e. The van der Waals surface area contributed by atoms with Crippen LogP contribution in [0.4, 0.5) is 24.0 Å². The van der Waals surface area contributed by atoms with Gasteiger partial charge in [0.15, 0.2) is 11.5 Å². The number of hydrogen-bond acceptors (Lipinski definition) is 7. The predicted molar refractivity (Wildman–Crippen MR) is 110 cm³/mol. The molecule has 1 saturated heterocycles. The first-order valence-corrected chi connectivity index (χ1v) is 10.5. The molecule has 1 aliphatic heterocycles. The number of aryl methyl sites for hydroxylation is 1. The molecule has 5 rings (SSSR count). The number of rotatable bonds is 5. The van der Waals surface area contributed by atoms with Crippen molar-refractivity contribution in [2.45, 2.75) is 26.1 Å². The molecule has 2 N–H and O–H groups in total. The number of aromatic amines is 1. The summed E-state index contributed by atoms with van der Waals surface area (Å²) in [6, 6.07) is 1.85. The van der Waals surface area contributed by atoms with Crippen LogP contribution < -0.4 is 5.32 Å². The zero-order chi connectivity index (χ0) is 21.6. The molecule has 0 aromatic carbocycles. The zero-order valence-electron chi connectivity index (χ0n) is 16.5. The molecule has 1 fully saturated rings. The molecule has 0 radical (unpaired) electrons. The van der Waals surface area contributed by atoms with Gasteiger partial charge >= 0.3 is 6.18 Å². The van der Waals surface area contributed by atoms with E-state index in [9.17, 15) is 13.2 Å². The Balaban J connectivity index is 1.34. The molecule has 12 heteroatoms. The van der Waals surface area contributed by atoms with Crippen LogP contribution in [0.1, 0.15) is 17.8 Å². The molecule has 31 heavy (non-hydrogen) atoms. The quantitative estimate of drug-likeness (QED) is 0.480. The van der Waals surface area contributed by atoms with Gasteiger partial charge < -0.3 is 5.32 Å². The maximum Gasteiger partial charge on any atom is 0.393 e. The summed E-state index contributed by atoms with van der Waals surface area (Å²) in [5, 5.41) is 10.8. The van der Waals surface area contributed by atoms with Crippen molar-refractivity contribution in [1.82, 2.24) is 33.8 Å². The third-order valence-corrected chi connectivity index (χ3v) is 6.07. The van der Waals surface area contributed by atoms with Crippen molar-refractivity contribution in [3.05, 3.63) is 42.2 Å². The fourth-order valence-electron chi connectivity index (χ4n) is 3.83. The van der Waals surface area contributed by atoms with E-state index in [4.69, 9.17) is 0 Å². The van der Waals surface area contributed by atoms with E-state index < -0.39 is 12.1 Å². The second-order valence-electron chi connectivity index (χ2n) is 7.62. The molecule has 1 unspecified atom stereocenters. The molecule has 5 heterocycles. The molecule has 1 atom stereocenters. The Morgan fingerprint density at radius 2 is 2.19 bits per heavy atom. The van der Waals surface area contributed by atoms with Gasteiger partial charge in [-0.05, 0) is 37.5 Å². The lowest BCUT2D eigenvalue weighted by Crippen LogP contribution is -2.27. The second-order valence-corrected chi connectivity index (χ2v) is 8.43. The molecule has 0 bridgehead atoms. The summed E-state index contributed by atoms with van der Waals surface area (Å²) in [6.07, 6.45) is 3.19. The van der Waals surface area contributed by atoms with Gasteiger partial charge in [-0.25, -0.2) is 9.97 Å². The van der Waals surface area contributed by atoms with Crippen molar-refractivity contribution in [3.8, 4) is 11.3 Å². The van der Waals surface area contributed by atoms with E-state index in [0.29, 0.717) is 24.6 Å². The molecule has 0 spiro atoms. The Bertz CT molecular complexity index is 1200. The first-order valence-electron chi connectivity index (χ1n) is 9.72. The smallest absolute Gasteiger partial charge is 0.328 e. The van der Waals surface area contributed by atoms with Gasteiger partial charge in [0.2, 0.25) is 0 Å². The molecule has 162 valence electrons. The minimum atomic E-state index is -4.13. The first kappa shape index (κ1) is 19.9. The first-order chi connectivity index (χ1) is 14.9. The van der Waals surface area contributed by atoms with Gasteiger partial charge in [-0.3, -0.25) is 14.4 Å². The maximum atomic E-state index is 12.9. The van der Waals surface area contributed by atoms with E-state index >= 15 is 0 Å². The average Bonchev–Trinajstić information content (AvgIpc) is 3.48. The molecule has 0 saturated carbocycles. The van der Waals surface area contributed by atoms with Crippen molar-refractivity contribution < 1.29 is 13.2 Å². The number of nitrogens with one attached hydrogen (secondary N) is 2. The number of nitrogens with zero attached hydrogens (tertiary/aromatic N) is 6. The van der Waals surface area contributed by atoms with Gasteiger partial charge in [-0.2, -0.15) is 22.6 Å². The van der Waals surface area contributed by atoms with Crippen molar-refractivity contribution in [1.29, 1.82) is 0 Å². The van der Waals surface area contributed by atoms with Crippen LogP contribution in [0.2, 0.25) is 0 Å². The lowest BCUT2D eigenvalue weighted by molar-refractivity contribution is -0.170. The van der Waals surface area contributed by atoms with Crippen molar-refractivity contribution in [2.24, 2.45) is 5.92 Å². The van der Waals surface area contributed by atoms with E-state index in [-0.39, 0.29) is 13.0 Å². The number of aromatic nitrogens is 6. The topological polar surface area (TPSA) is 87.0 Å². The van der Waals surface area contributed by atoms with Gasteiger partial charge in [0, 0.05) is 31.0 Å². The van der Waals surface area contributed by atoms with Gasteiger partial charge in [0.05, 0.1) is 35.4 Å². The molecular weight excluding hydrogens is 429 g/mol. The number of alkyl halides is 3. The van der Waals surface area contributed by atoms with E-state index in [1.54, 1.807) is 23.5 Å². The monoisotopic (exact) mass is 448 g/mol. The highest BCUT2D eigenvalue weighted by molar-refractivity contribution is 7.10. The number of imidazole rings is 1. The predicted octanol–water partition coefficient (Wildman–Crippen LogP) is 4.01. The number of fused-ring (bicyclic) bond motifs is 1. The molecule has 0 aliphatic carbocycles. The molecule has 4 aromatic heterocycles. The Kier molecular flexibility index (Phi) is 4.89. The summed E-state index contributed by atoms with van der Waals surface area (Å²) >= 11 is 1.25. The van der Waals surface area contributed by atoms with Crippen LogP contribution in [0, 0.1) is 12.8 Å². The maximum absolute atomic E-state index is 12.9. The van der Waals surface area contributed by atoms with Crippen LogP contribution in [0.25, 0.3) is 16.9 Å². The molecule has 4 aromatic rings. The Morgan fingerprint density at radius 3 is 2.94 bits per heavy atom. The van der Waals surface area contributed by atoms with E-state index in [1.807, 2.05) is 23.6 Å². The molecule has 0 amide bonds. The number of H-pyrrole nitrogens is 1. The average molecular weight is 448 g/mol. The minimum absolute atomic E-state index is 0.0225. The highest BCUT2D eigenvalue weighted by Gasteiger charge is 2.43. The second kappa shape index (κ2) is 7.61. The summed E-state index contributed by atoms with van der Waals surface area (Å²) in [6.45, 7) is 2.74. The molecule has 1 aliphatic rings. The van der Waals surface area contributed by atoms with Gasteiger partial charge in [0.1, 0.15) is 5.00 Å². The highest BCUT2D eigenvalue weighted by Crippen LogP contribution is 2.34. The Morgan fingerprint density at radius 1 is 1.32 bits per heavy atom. The number of halogens is 3.